The van der Waals surface area contributed by atoms with E-state index in [1.807, 2.05) is 176 Å². The number of fused-ring (bicyclic) bond motifs is 5. The summed E-state index contributed by atoms with van der Waals surface area (Å²) < 4.78 is 73.5. The van der Waals surface area contributed by atoms with Crippen LogP contribution < -0.4 is 28.4 Å². The van der Waals surface area contributed by atoms with Crippen molar-refractivity contribution in [2.24, 2.45) is 0 Å². The topological polar surface area (TPSA) is 139 Å². The Hall–Kier alpha value is -10.2. The van der Waals surface area contributed by atoms with E-state index in [-0.39, 0.29) is 77.6 Å². The summed E-state index contributed by atoms with van der Waals surface area (Å²) in [4.78, 5) is 33.2. The van der Waals surface area contributed by atoms with Crippen molar-refractivity contribution in [2.75, 3.05) is 39.9 Å². The third kappa shape index (κ3) is 11.9. The molecule has 0 N–H and O–H groups in total. The van der Waals surface area contributed by atoms with Crippen molar-refractivity contribution in [3.8, 4) is 68.9 Å². The van der Waals surface area contributed by atoms with Crippen LogP contribution in [0.3, 0.4) is 0 Å². The average molecular weight is 1230 g/mol. The molecule has 0 radical (unpaired) electrons. The Kier molecular flexibility index (Phi) is 16.2. The van der Waals surface area contributed by atoms with E-state index < -0.39 is 11.6 Å². The molecule has 15 rings (SSSR count). The van der Waals surface area contributed by atoms with Crippen LogP contribution in [0.4, 0.5) is 8.78 Å². The lowest BCUT2D eigenvalue weighted by Gasteiger charge is -2.31. The molecule has 4 aromatic heterocycles. The minimum Gasteiger partial charge on any atom is -0.489 e. The van der Waals surface area contributed by atoms with Crippen molar-refractivity contribution in [1.29, 1.82) is 0 Å². The Balaban J connectivity index is 0.691. The van der Waals surface area contributed by atoms with Gasteiger partial charge in [0.2, 0.25) is 11.8 Å². The van der Waals surface area contributed by atoms with Crippen LogP contribution in [0.5, 0.6) is 35.3 Å². The van der Waals surface area contributed by atoms with Crippen LogP contribution in [-0.2, 0) is 26.4 Å². The summed E-state index contributed by atoms with van der Waals surface area (Å²) in [6.45, 7) is 4.68. The zero-order chi connectivity index (χ0) is 62.0. The Bertz CT molecular complexity index is 4670. The molecule has 7 heterocycles. The van der Waals surface area contributed by atoms with Crippen molar-refractivity contribution >= 4 is 43.4 Å². The van der Waals surface area contributed by atoms with Crippen LogP contribution >= 0.6 is 0 Å². The average Bonchev–Trinajstić information content (AvgIpc) is 0.968. The van der Waals surface area contributed by atoms with Crippen LogP contribution in [0, 0.1) is 11.6 Å². The molecule has 0 spiro atoms. The van der Waals surface area contributed by atoms with Crippen molar-refractivity contribution in [1.82, 2.24) is 39.7 Å². The van der Waals surface area contributed by atoms with Gasteiger partial charge in [-0.3, -0.25) is 14.9 Å². The highest BCUT2D eigenvalue weighted by Gasteiger charge is 2.45. The van der Waals surface area contributed by atoms with Gasteiger partial charge < -0.3 is 33.3 Å². The second-order valence-electron chi connectivity index (χ2n) is 24.1. The normalized spacial score (nSPS) is 15.5. The van der Waals surface area contributed by atoms with Crippen LogP contribution in [0.1, 0.15) is 60.8 Å². The highest BCUT2D eigenvalue weighted by molar-refractivity contribution is 6.00. The second kappa shape index (κ2) is 25.6. The summed E-state index contributed by atoms with van der Waals surface area (Å²) in [5, 5.41) is 3.99. The molecule has 12 aromatic rings. The number of rotatable bonds is 21. The third-order valence-corrected chi connectivity index (χ3v) is 18.3. The molecule has 8 aromatic carbocycles. The monoisotopic (exact) mass is 1220 g/mol. The van der Waals surface area contributed by atoms with Gasteiger partial charge in [0.05, 0.1) is 16.3 Å². The van der Waals surface area contributed by atoms with E-state index in [1.165, 1.54) is 0 Å². The molecule has 16 heteroatoms. The second-order valence-corrected chi connectivity index (χ2v) is 24.1. The molecule has 1 atom stereocenters. The highest BCUT2D eigenvalue weighted by atomic mass is 19.1. The number of ether oxygens (including phenoxy) is 6. The largest absolute Gasteiger partial charge is 0.489 e. The zero-order valence-corrected chi connectivity index (χ0v) is 50.9. The minimum atomic E-state index is -0.630. The molecule has 460 valence electrons. The highest BCUT2D eigenvalue weighted by Crippen LogP contribution is 2.42. The summed E-state index contributed by atoms with van der Waals surface area (Å²) in [5.74, 6) is 0.221. The summed E-state index contributed by atoms with van der Waals surface area (Å²) in [6, 6.07) is 59.3. The van der Waals surface area contributed by atoms with Gasteiger partial charge in [0.25, 0.3) is 0 Å². The fourth-order valence-electron chi connectivity index (χ4n) is 13.4. The smallest absolute Gasteiger partial charge is 0.320 e. The van der Waals surface area contributed by atoms with Crippen LogP contribution in [0.15, 0.2) is 194 Å². The van der Waals surface area contributed by atoms with Gasteiger partial charge in [0.1, 0.15) is 73.6 Å². The van der Waals surface area contributed by atoms with Gasteiger partial charge in [-0.1, -0.05) is 158 Å². The molecule has 0 amide bonds. The fraction of sp³-hybridized carbons (Fsp3) is 0.237. The summed E-state index contributed by atoms with van der Waals surface area (Å²) in [7, 11) is 2.08. The Morgan fingerprint density at radius 2 is 0.978 bits per heavy atom. The molecule has 3 aliphatic rings. The molecule has 0 aliphatic carbocycles. The maximum absolute atomic E-state index is 17.5. The lowest BCUT2D eigenvalue weighted by molar-refractivity contribution is 0.107. The summed E-state index contributed by atoms with van der Waals surface area (Å²) in [5.41, 5.74) is 6.99. The molecule has 3 saturated heterocycles. The van der Waals surface area contributed by atoms with Crippen molar-refractivity contribution in [3.05, 3.63) is 228 Å². The molecule has 14 nitrogen and oxygen atoms in total. The Labute approximate surface area is 531 Å². The van der Waals surface area contributed by atoms with E-state index >= 15 is 8.78 Å². The molecular formula is C76H66F2N8O6. The van der Waals surface area contributed by atoms with Crippen LogP contribution in [0.25, 0.3) is 77.0 Å². The predicted octanol–water partition coefficient (Wildman–Crippen LogP) is 15.7. The summed E-state index contributed by atoms with van der Waals surface area (Å²) >= 11 is 0. The van der Waals surface area contributed by atoms with Gasteiger partial charge in [-0.15, -0.1) is 0 Å². The van der Waals surface area contributed by atoms with E-state index in [0.29, 0.717) is 53.2 Å². The predicted molar refractivity (Wildman–Crippen MR) is 352 cm³/mol. The van der Waals surface area contributed by atoms with Crippen molar-refractivity contribution in [2.45, 2.75) is 76.5 Å². The van der Waals surface area contributed by atoms with E-state index in [2.05, 4.69) is 32.9 Å². The number of likely N-dealkylation sites (N-methyl/N-ethyl adjacent to an activating group) is 1. The van der Waals surface area contributed by atoms with Crippen LogP contribution in [0.2, 0.25) is 0 Å². The lowest BCUT2D eigenvalue weighted by atomic mass is 9.95. The number of halogens is 2. The summed E-state index contributed by atoms with van der Waals surface area (Å²) in [6.07, 6.45) is 9.47. The Morgan fingerprint density at radius 3 is 1.55 bits per heavy atom. The quantitative estimate of drug-likeness (QED) is 0.0674. The maximum Gasteiger partial charge on any atom is 0.320 e. The molecule has 0 bridgehead atoms. The maximum atomic E-state index is 17.5. The molecule has 0 unspecified atom stereocenters. The number of likely N-dealkylation sites (tertiary alicyclic amines) is 1. The minimum absolute atomic E-state index is 0.0363. The number of hydrogen-bond acceptors (Lipinski definition) is 14. The third-order valence-electron chi connectivity index (χ3n) is 18.3. The van der Waals surface area contributed by atoms with Crippen molar-refractivity contribution in [3.63, 3.8) is 0 Å². The SMILES string of the molecule is CN1CCC[C@H]1COc1nc(OCc2ccccc2)c2cnc(-c3cc(OCc4ccccc4-c4ccc(COc5nc(OCC67CCCN6CCC7)nc6c(F)c(-c7cc(OCc8ccccc8)cc8ccccc78)ncc56)cc4)cc4ccccc34)c(F)c2n1. The van der Waals surface area contributed by atoms with Gasteiger partial charge in [0, 0.05) is 29.6 Å². The molecule has 3 aliphatic heterocycles. The lowest BCUT2D eigenvalue weighted by Crippen LogP contribution is -2.43. The standard InChI is InChI=1S/C76H66F2N8O6/c1-85-34-14-24-56(85)47-91-74-81-70-64(72(83-74)89-44-50-19-6-3-7-20-50)41-79-69(66(70)77)63-40-58(38-54-22-9-13-27-61(54)63)88-46-55-23-10-11-25-59(55)52-30-28-51(29-31-52)45-90-73-65-42-80-68(67(78)71(65)82-75(84-73)92-48-76-32-15-35-86(76)36-16-33-76)62-39-57(37-53-21-8-12-26-60(53)62)87-43-49-17-4-2-5-18-49/h2-13,17-23,25-31,37-42,56H,14-16,24,32-36,43-48H2,1H3/t56-/m0/s1. The molecule has 92 heavy (non-hydrogen) atoms. The van der Waals surface area contributed by atoms with Gasteiger partial charge >= 0.3 is 12.0 Å². The van der Waals surface area contributed by atoms with E-state index in [9.17, 15) is 0 Å². The van der Waals surface area contributed by atoms with Gasteiger partial charge in [-0.05, 0) is 144 Å². The molecular weight excluding hydrogens is 1160 g/mol. The van der Waals surface area contributed by atoms with E-state index in [1.54, 1.807) is 12.4 Å². The number of nitrogens with zero attached hydrogens (tertiary/aromatic N) is 8. The number of hydrogen-bond donors (Lipinski definition) is 0. The van der Waals surface area contributed by atoms with E-state index in [0.717, 1.165) is 113 Å². The first kappa shape index (κ1) is 58.2. The molecule has 3 fully saturated rings. The number of benzene rings is 8. The van der Waals surface area contributed by atoms with Gasteiger partial charge in [-0.25, -0.2) is 8.78 Å². The first-order chi connectivity index (χ1) is 45.3. The van der Waals surface area contributed by atoms with Gasteiger partial charge in [-0.2, -0.15) is 19.9 Å². The van der Waals surface area contributed by atoms with Crippen LogP contribution in [-0.4, -0.2) is 91.2 Å². The zero-order valence-electron chi connectivity index (χ0n) is 50.9. The Morgan fingerprint density at radius 1 is 0.467 bits per heavy atom. The molecule has 0 saturated carbocycles. The number of pyridine rings is 2. The first-order valence-corrected chi connectivity index (χ1v) is 31.5. The number of aromatic nitrogens is 6. The first-order valence-electron chi connectivity index (χ1n) is 31.5. The van der Waals surface area contributed by atoms with Crippen molar-refractivity contribution < 1.29 is 37.2 Å². The van der Waals surface area contributed by atoms with E-state index in [4.69, 9.17) is 48.4 Å². The fourth-order valence-corrected chi connectivity index (χ4v) is 13.4. The van der Waals surface area contributed by atoms with Gasteiger partial charge in [0.15, 0.2) is 11.6 Å².